The summed E-state index contributed by atoms with van der Waals surface area (Å²) in [5, 5.41) is 8.77. The minimum atomic E-state index is -0.339. The van der Waals surface area contributed by atoms with Crippen LogP contribution < -0.4 is 5.56 Å². The topological polar surface area (TPSA) is 56.6 Å². The van der Waals surface area contributed by atoms with Gasteiger partial charge in [0.25, 0.3) is 5.56 Å². The van der Waals surface area contributed by atoms with E-state index in [1.165, 1.54) is 17.7 Å². The van der Waals surface area contributed by atoms with Gasteiger partial charge in [0, 0.05) is 10.6 Å². The van der Waals surface area contributed by atoms with Gasteiger partial charge in [0.15, 0.2) is 0 Å². The van der Waals surface area contributed by atoms with E-state index < -0.39 is 0 Å². The maximum Gasteiger partial charge on any atom is 0.266 e. The molecular weight excluding hydrogens is 268 g/mol. The van der Waals surface area contributed by atoms with Crippen LogP contribution in [-0.2, 0) is 0 Å². The molecule has 0 spiro atoms. The number of nitriles is 1. The van der Waals surface area contributed by atoms with E-state index >= 15 is 0 Å². The number of nitrogens with one attached hydrogen (secondary N) is 1. The van der Waals surface area contributed by atoms with Crippen LogP contribution in [0.1, 0.15) is 25.3 Å². The summed E-state index contributed by atoms with van der Waals surface area (Å²) in [5.74, 6) is 1.10. The van der Waals surface area contributed by atoms with Gasteiger partial charge in [-0.3, -0.25) is 4.79 Å². The third kappa shape index (κ3) is 3.52. The summed E-state index contributed by atoms with van der Waals surface area (Å²) < 4.78 is 0. The van der Waals surface area contributed by atoms with E-state index in [9.17, 15) is 4.79 Å². The Morgan fingerprint density at radius 2 is 2.15 bits per heavy atom. The fourth-order valence-corrected chi connectivity index (χ4v) is 2.87. The first-order valence-corrected chi connectivity index (χ1v) is 7.60. The van der Waals surface area contributed by atoms with Crippen LogP contribution in [0.5, 0.6) is 0 Å². The fraction of sp³-hybridized carbons (Fsp3) is 0.250. The molecule has 0 saturated carbocycles. The van der Waals surface area contributed by atoms with E-state index in [-0.39, 0.29) is 11.1 Å². The largest absolute Gasteiger partial charge is 0.321 e. The minimum absolute atomic E-state index is 0.141. The number of benzene rings is 1. The second-order valence-corrected chi connectivity index (χ2v) is 5.62. The van der Waals surface area contributed by atoms with E-state index in [2.05, 4.69) is 24.0 Å². The lowest BCUT2D eigenvalue weighted by Gasteiger charge is -2.05. The Morgan fingerprint density at radius 1 is 1.30 bits per heavy atom. The predicted molar refractivity (Wildman–Crippen MR) is 82.8 cm³/mol. The maximum absolute atomic E-state index is 11.7. The van der Waals surface area contributed by atoms with Gasteiger partial charge in [-0.1, -0.05) is 25.5 Å². The van der Waals surface area contributed by atoms with Crippen molar-refractivity contribution in [1.82, 2.24) is 4.98 Å². The van der Waals surface area contributed by atoms with E-state index in [1.807, 2.05) is 30.0 Å². The molecule has 0 aliphatic carbocycles. The zero-order valence-electron chi connectivity index (χ0n) is 11.3. The van der Waals surface area contributed by atoms with Crippen LogP contribution in [0.15, 0.2) is 46.1 Å². The molecule has 0 radical (unpaired) electrons. The Hall–Kier alpha value is -1.99. The molecule has 2 aromatic rings. The highest BCUT2D eigenvalue weighted by atomic mass is 32.2. The number of hydrogen-bond acceptors (Lipinski definition) is 3. The highest BCUT2D eigenvalue weighted by molar-refractivity contribution is 7.99. The molecule has 0 saturated heterocycles. The van der Waals surface area contributed by atoms with Gasteiger partial charge >= 0.3 is 0 Å². The van der Waals surface area contributed by atoms with Crippen LogP contribution in [-0.4, -0.2) is 10.7 Å². The summed E-state index contributed by atoms with van der Waals surface area (Å²) in [6, 6.07) is 13.3. The van der Waals surface area contributed by atoms with Crippen LogP contribution in [0.2, 0.25) is 0 Å². The molecule has 102 valence electrons. The van der Waals surface area contributed by atoms with E-state index in [1.54, 1.807) is 12.1 Å². The van der Waals surface area contributed by atoms with Crippen molar-refractivity contribution < 1.29 is 0 Å². The van der Waals surface area contributed by atoms with Crippen molar-refractivity contribution in [2.45, 2.75) is 24.7 Å². The maximum atomic E-state index is 11.7. The molecule has 4 heteroatoms. The van der Waals surface area contributed by atoms with Crippen LogP contribution in [0.25, 0.3) is 11.3 Å². The number of H-pyrrole nitrogens is 1. The molecule has 0 aliphatic heterocycles. The predicted octanol–water partition coefficient (Wildman–Crippen LogP) is 3.81. The lowest BCUT2D eigenvalue weighted by molar-refractivity contribution is 0.896. The van der Waals surface area contributed by atoms with Crippen molar-refractivity contribution in [3.63, 3.8) is 0 Å². The molecule has 0 fully saturated rings. The van der Waals surface area contributed by atoms with Crippen molar-refractivity contribution in [3.8, 4) is 17.3 Å². The molecule has 1 heterocycles. The van der Waals surface area contributed by atoms with E-state index in [0.29, 0.717) is 0 Å². The van der Waals surface area contributed by atoms with Gasteiger partial charge in [0.05, 0.1) is 0 Å². The molecule has 2 rings (SSSR count). The minimum Gasteiger partial charge on any atom is -0.321 e. The molecule has 3 nitrogen and oxygen atoms in total. The van der Waals surface area contributed by atoms with Crippen molar-refractivity contribution >= 4 is 11.8 Å². The van der Waals surface area contributed by atoms with Gasteiger partial charge in [0.2, 0.25) is 0 Å². The Labute approximate surface area is 122 Å². The lowest BCUT2D eigenvalue weighted by atomic mass is 10.1. The summed E-state index contributed by atoms with van der Waals surface area (Å²) in [7, 11) is 0. The zero-order valence-corrected chi connectivity index (χ0v) is 12.2. The summed E-state index contributed by atoms with van der Waals surface area (Å²) in [5.41, 5.74) is 1.51. The summed E-state index contributed by atoms with van der Waals surface area (Å²) in [6.07, 6.45) is 2.39. The Bertz CT molecular complexity index is 685. The van der Waals surface area contributed by atoms with Gasteiger partial charge in [-0.2, -0.15) is 5.26 Å². The molecule has 0 unspecified atom stereocenters. The third-order valence-corrected chi connectivity index (χ3v) is 4.02. The van der Waals surface area contributed by atoms with Gasteiger partial charge in [-0.05, 0) is 42.0 Å². The first-order valence-electron chi connectivity index (χ1n) is 6.61. The quantitative estimate of drug-likeness (QED) is 0.671. The Kier molecular flexibility index (Phi) is 5.03. The summed E-state index contributed by atoms with van der Waals surface area (Å²) >= 11 is 1.82. The lowest BCUT2D eigenvalue weighted by Crippen LogP contribution is -2.10. The average molecular weight is 284 g/mol. The monoisotopic (exact) mass is 284 g/mol. The number of unbranched alkanes of at least 4 members (excludes halogenated alkanes) is 1. The van der Waals surface area contributed by atoms with Gasteiger partial charge in [0.1, 0.15) is 11.6 Å². The highest BCUT2D eigenvalue weighted by Crippen LogP contribution is 2.24. The molecule has 20 heavy (non-hydrogen) atoms. The molecule has 1 N–H and O–H groups in total. The number of aromatic amines is 1. The molecule has 1 aromatic heterocycles. The van der Waals surface area contributed by atoms with Gasteiger partial charge < -0.3 is 4.98 Å². The number of hydrogen-bond donors (Lipinski definition) is 1. The van der Waals surface area contributed by atoms with Crippen molar-refractivity contribution in [3.05, 3.63) is 52.3 Å². The molecule has 0 amide bonds. The Balaban J connectivity index is 2.25. The van der Waals surface area contributed by atoms with Crippen LogP contribution >= 0.6 is 11.8 Å². The summed E-state index contributed by atoms with van der Waals surface area (Å²) in [4.78, 5) is 15.6. The molecular formula is C16H16N2OS. The van der Waals surface area contributed by atoms with Crippen molar-refractivity contribution in [2.75, 3.05) is 5.75 Å². The van der Waals surface area contributed by atoms with Crippen LogP contribution in [0.3, 0.4) is 0 Å². The first-order chi connectivity index (χ1) is 9.74. The van der Waals surface area contributed by atoms with Crippen molar-refractivity contribution in [1.29, 1.82) is 5.26 Å². The normalized spacial score (nSPS) is 10.2. The fourth-order valence-electron chi connectivity index (χ4n) is 1.82. The second kappa shape index (κ2) is 6.97. The number of nitrogens with zero attached hydrogens (tertiary/aromatic N) is 1. The van der Waals surface area contributed by atoms with Crippen LogP contribution in [0, 0.1) is 11.3 Å². The molecule has 0 aliphatic rings. The smallest absolute Gasteiger partial charge is 0.266 e. The molecule has 0 atom stereocenters. The SMILES string of the molecule is CCCCSc1cccc(-c2ccc(C#N)c(=O)[nH]2)c1. The molecule has 1 aromatic carbocycles. The van der Waals surface area contributed by atoms with Gasteiger partial charge in [-0.15, -0.1) is 11.8 Å². The van der Waals surface area contributed by atoms with Gasteiger partial charge in [-0.25, -0.2) is 0 Å². The van der Waals surface area contributed by atoms with Crippen LogP contribution in [0.4, 0.5) is 0 Å². The highest BCUT2D eigenvalue weighted by Gasteiger charge is 2.03. The van der Waals surface area contributed by atoms with E-state index in [4.69, 9.17) is 5.26 Å². The standard InChI is InChI=1S/C16H16N2OS/c1-2-3-9-20-14-6-4-5-12(10-14)15-8-7-13(11-17)16(19)18-15/h4-8,10H,2-3,9H2,1H3,(H,18,19). The van der Waals surface area contributed by atoms with E-state index in [0.717, 1.165) is 17.0 Å². The first kappa shape index (κ1) is 14.4. The zero-order chi connectivity index (χ0) is 14.4. The second-order valence-electron chi connectivity index (χ2n) is 4.46. The number of pyridine rings is 1. The number of thioether (sulfide) groups is 1. The molecule has 0 bridgehead atoms. The van der Waals surface area contributed by atoms with Crippen molar-refractivity contribution in [2.24, 2.45) is 0 Å². The number of rotatable bonds is 5. The Morgan fingerprint density at radius 3 is 2.85 bits per heavy atom. The summed E-state index contributed by atoms with van der Waals surface area (Å²) in [6.45, 7) is 2.18. The third-order valence-electron chi connectivity index (χ3n) is 2.94. The number of aromatic nitrogens is 1. The average Bonchev–Trinajstić information content (AvgIpc) is 2.48.